The Kier molecular flexibility index (Phi) is 2.97. The van der Waals surface area contributed by atoms with E-state index in [0.29, 0.717) is 5.56 Å². The molecular weight excluding hydrogens is 220 g/mol. The zero-order valence-electron chi connectivity index (χ0n) is 9.46. The van der Waals surface area contributed by atoms with Gasteiger partial charge in [0.05, 0.1) is 5.56 Å². The number of nitrogens with one attached hydrogen (secondary N) is 1. The molecule has 1 heterocycles. The van der Waals surface area contributed by atoms with Gasteiger partial charge in [0.25, 0.3) is 0 Å². The molecule has 1 N–H and O–H groups in total. The van der Waals surface area contributed by atoms with Gasteiger partial charge in [-0.25, -0.2) is 0 Å². The third-order valence-electron chi connectivity index (χ3n) is 2.86. The van der Waals surface area contributed by atoms with Gasteiger partial charge in [-0.1, -0.05) is 6.92 Å². The van der Waals surface area contributed by atoms with E-state index in [4.69, 9.17) is 5.26 Å². The van der Waals surface area contributed by atoms with E-state index in [1.807, 2.05) is 13.8 Å². The molecular formula is C12H14N2OS. The number of rotatable bonds is 3. The molecule has 1 aromatic heterocycles. The molecule has 0 unspecified atom stereocenters. The van der Waals surface area contributed by atoms with Crippen molar-refractivity contribution in [2.24, 2.45) is 5.92 Å². The molecule has 0 bridgehead atoms. The van der Waals surface area contributed by atoms with E-state index < -0.39 is 0 Å². The van der Waals surface area contributed by atoms with Crippen molar-refractivity contribution in [1.82, 2.24) is 0 Å². The minimum atomic E-state index is 0.0698. The summed E-state index contributed by atoms with van der Waals surface area (Å²) in [5, 5.41) is 12.7. The van der Waals surface area contributed by atoms with E-state index in [1.54, 1.807) is 0 Å². The fourth-order valence-electron chi connectivity index (χ4n) is 1.77. The Bertz CT molecular complexity index is 466. The third kappa shape index (κ3) is 1.96. The maximum atomic E-state index is 11.6. The molecule has 0 aliphatic heterocycles. The molecule has 0 spiro atoms. The standard InChI is InChI=1S/C12H14N2OS/c1-3-9-7(2)16-12(10(9)6-13)14-11(15)8-4-5-8/h8H,3-5H2,1-2H3,(H,14,15). The molecule has 16 heavy (non-hydrogen) atoms. The first-order valence-corrected chi connectivity index (χ1v) is 6.32. The fraction of sp³-hybridized carbons (Fsp3) is 0.500. The van der Waals surface area contributed by atoms with E-state index in [2.05, 4.69) is 11.4 Å². The van der Waals surface area contributed by atoms with E-state index in [1.165, 1.54) is 11.3 Å². The first-order valence-electron chi connectivity index (χ1n) is 5.50. The van der Waals surface area contributed by atoms with Gasteiger partial charge in [-0.05, 0) is 31.7 Å². The molecule has 0 radical (unpaired) electrons. The van der Waals surface area contributed by atoms with Crippen LogP contribution in [0.2, 0.25) is 0 Å². The average molecular weight is 234 g/mol. The SMILES string of the molecule is CCc1c(C)sc(NC(=O)C2CC2)c1C#N. The molecule has 2 rings (SSSR count). The van der Waals surface area contributed by atoms with Gasteiger partial charge in [0.1, 0.15) is 11.1 Å². The molecule has 0 atom stereocenters. The molecule has 1 amide bonds. The summed E-state index contributed by atoms with van der Waals surface area (Å²) in [6, 6.07) is 2.20. The molecule has 84 valence electrons. The van der Waals surface area contributed by atoms with Gasteiger partial charge in [-0.2, -0.15) is 5.26 Å². The third-order valence-corrected chi connectivity index (χ3v) is 3.92. The van der Waals surface area contributed by atoms with Gasteiger partial charge in [0.15, 0.2) is 0 Å². The Morgan fingerprint density at radius 2 is 2.31 bits per heavy atom. The summed E-state index contributed by atoms with van der Waals surface area (Å²) in [5.74, 6) is 0.249. The highest BCUT2D eigenvalue weighted by atomic mass is 32.1. The highest BCUT2D eigenvalue weighted by Crippen LogP contribution is 2.35. The van der Waals surface area contributed by atoms with Crippen LogP contribution in [0.4, 0.5) is 5.00 Å². The molecule has 1 aromatic rings. The second-order valence-electron chi connectivity index (χ2n) is 4.07. The quantitative estimate of drug-likeness (QED) is 0.874. The number of nitrogens with zero attached hydrogens (tertiary/aromatic N) is 1. The summed E-state index contributed by atoms with van der Waals surface area (Å²) in [7, 11) is 0. The van der Waals surface area contributed by atoms with E-state index in [0.717, 1.165) is 34.7 Å². The van der Waals surface area contributed by atoms with Gasteiger partial charge in [-0.3, -0.25) is 4.79 Å². The highest BCUT2D eigenvalue weighted by molar-refractivity contribution is 7.16. The van der Waals surface area contributed by atoms with Gasteiger partial charge in [0.2, 0.25) is 5.91 Å². The topological polar surface area (TPSA) is 52.9 Å². The van der Waals surface area contributed by atoms with Crippen LogP contribution in [0.15, 0.2) is 0 Å². The Morgan fingerprint density at radius 3 is 2.81 bits per heavy atom. The Morgan fingerprint density at radius 1 is 1.62 bits per heavy atom. The van der Waals surface area contributed by atoms with Gasteiger partial charge in [-0.15, -0.1) is 11.3 Å². The number of aryl methyl sites for hydroxylation is 1. The van der Waals surface area contributed by atoms with Crippen LogP contribution in [-0.4, -0.2) is 5.91 Å². The van der Waals surface area contributed by atoms with E-state index in [9.17, 15) is 4.79 Å². The predicted octanol–water partition coefficient (Wildman–Crippen LogP) is 2.84. The van der Waals surface area contributed by atoms with Gasteiger partial charge >= 0.3 is 0 Å². The molecule has 1 aliphatic rings. The summed E-state index contributed by atoms with van der Waals surface area (Å²) in [4.78, 5) is 12.8. The number of carbonyl (C=O) groups is 1. The molecule has 1 fully saturated rings. The smallest absolute Gasteiger partial charge is 0.228 e. The average Bonchev–Trinajstić information content (AvgIpc) is 3.04. The zero-order valence-corrected chi connectivity index (χ0v) is 10.3. The highest BCUT2D eigenvalue weighted by Gasteiger charge is 2.30. The summed E-state index contributed by atoms with van der Waals surface area (Å²) in [6.45, 7) is 4.03. The predicted molar refractivity (Wildman–Crippen MR) is 64.5 cm³/mol. The van der Waals surface area contributed by atoms with Crippen molar-refractivity contribution in [3.8, 4) is 6.07 Å². The van der Waals surface area contributed by atoms with Crippen molar-refractivity contribution in [2.75, 3.05) is 5.32 Å². The van der Waals surface area contributed by atoms with E-state index in [-0.39, 0.29) is 11.8 Å². The first kappa shape index (κ1) is 11.2. The largest absolute Gasteiger partial charge is 0.316 e. The number of hydrogen-bond donors (Lipinski definition) is 1. The number of amides is 1. The number of anilines is 1. The molecule has 0 aromatic carbocycles. The lowest BCUT2D eigenvalue weighted by Gasteiger charge is -2.01. The van der Waals surface area contributed by atoms with Crippen LogP contribution in [0.1, 0.15) is 35.8 Å². The normalized spacial score (nSPS) is 14.6. The molecule has 3 nitrogen and oxygen atoms in total. The zero-order chi connectivity index (χ0) is 11.7. The summed E-state index contributed by atoms with van der Waals surface area (Å²) >= 11 is 1.51. The van der Waals surface area contributed by atoms with Gasteiger partial charge < -0.3 is 5.32 Å². The van der Waals surface area contributed by atoms with Crippen molar-refractivity contribution in [1.29, 1.82) is 5.26 Å². The lowest BCUT2D eigenvalue weighted by Crippen LogP contribution is -2.13. The van der Waals surface area contributed by atoms with Crippen molar-refractivity contribution in [2.45, 2.75) is 33.1 Å². The summed E-state index contributed by atoms with van der Waals surface area (Å²) in [6.07, 6.45) is 2.81. The molecule has 1 aliphatic carbocycles. The lowest BCUT2D eigenvalue weighted by atomic mass is 10.1. The first-order chi connectivity index (χ1) is 7.67. The van der Waals surface area contributed by atoms with Gasteiger partial charge in [0, 0.05) is 10.8 Å². The van der Waals surface area contributed by atoms with Crippen LogP contribution in [0, 0.1) is 24.2 Å². The van der Waals surface area contributed by atoms with Crippen LogP contribution in [0.25, 0.3) is 0 Å². The molecule has 1 saturated carbocycles. The lowest BCUT2D eigenvalue weighted by molar-refractivity contribution is -0.117. The number of thiophene rings is 1. The maximum Gasteiger partial charge on any atom is 0.228 e. The van der Waals surface area contributed by atoms with Crippen LogP contribution >= 0.6 is 11.3 Å². The Hall–Kier alpha value is -1.34. The van der Waals surface area contributed by atoms with Crippen LogP contribution < -0.4 is 5.32 Å². The minimum absolute atomic E-state index is 0.0698. The van der Waals surface area contributed by atoms with Crippen molar-refractivity contribution < 1.29 is 4.79 Å². The van der Waals surface area contributed by atoms with Crippen LogP contribution in [0.3, 0.4) is 0 Å². The number of carbonyl (C=O) groups excluding carboxylic acids is 1. The van der Waals surface area contributed by atoms with Crippen molar-refractivity contribution in [3.63, 3.8) is 0 Å². The number of hydrogen-bond acceptors (Lipinski definition) is 3. The van der Waals surface area contributed by atoms with Crippen LogP contribution in [-0.2, 0) is 11.2 Å². The minimum Gasteiger partial charge on any atom is -0.316 e. The Balaban J connectivity index is 2.26. The van der Waals surface area contributed by atoms with Crippen molar-refractivity contribution in [3.05, 3.63) is 16.0 Å². The fourth-order valence-corrected chi connectivity index (χ4v) is 2.87. The molecule has 4 heteroatoms. The molecule has 0 saturated heterocycles. The van der Waals surface area contributed by atoms with E-state index >= 15 is 0 Å². The van der Waals surface area contributed by atoms with Crippen LogP contribution in [0.5, 0.6) is 0 Å². The Labute approximate surface area is 99.1 Å². The summed E-state index contributed by atoms with van der Waals surface area (Å²) in [5.41, 5.74) is 1.72. The van der Waals surface area contributed by atoms with Crippen molar-refractivity contribution >= 4 is 22.2 Å². The maximum absolute atomic E-state index is 11.6. The number of nitriles is 1. The second-order valence-corrected chi connectivity index (χ2v) is 5.29. The monoisotopic (exact) mass is 234 g/mol. The summed E-state index contributed by atoms with van der Waals surface area (Å²) < 4.78 is 0. The second kappa shape index (κ2) is 4.26.